The lowest BCUT2D eigenvalue weighted by Crippen LogP contribution is -2.21. The van der Waals surface area contributed by atoms with Crippen LogP contribution in [0.4, 0.5) is 0 Å². The Balaban J connectivity index is 2.17. The van der Waals surface area contributed by atoms with E-state index in [1.165, 1.54) is 5.56 Å². The van der Waals surface area contributed by atoms with Gasteiger partial charge in [-0.25, -0.2) is 0 Å². The first-order valence-electron chi connectivity index (χ1n) is 6.87. The van der Waals surface area contributed by atoms with E-state index in [0.29, 0.717) is 11.5 Å². The number of rotatable bonds is 2. The smallest absolute Gasteiger partial charge is 0.244 e. The van der Waals surface area contributed by atoms with Crippen molar-refractivity contribution >= 4 is 0 Å². The summed E-state index contributed by atoms with van der Waals surface area (Å²) >= 11 is 0. The van der Waals surface area contributed by atoms with E-state index in [4.69, 9.17) is 10.5 Å². The van der Waals surface area contributed by atoms with E-state index < -0.39 is 0 Å². The van der Waals surface area contributed by atoms with Crippen LogP contribution in [0.1, 0.15) is 35.2 Å². The molecule has 1 aliphatic rings. The predicted molar refractivity (Wildman–Crippen MR) is 78.4 cm³/mol. The SMILES string of the molecule is CCc1ccc(C2C(C#N)=C(N)Oc3n[nH]c(C)c32)cc1. The summed E-state index contributed by atoms with van der Waals surface area (Å²) in [6.07, 6.45) is 0.979. The van der Waals surface area contributed by atoms with Gasteiger partial charge >= 0.3 is 0 Å². The lowest BCUT2D eigenvalue weighted by Gasteiger charge is -2.23. The highest BCUT2D eigenvalue weighted by Crippen LogP contribution is 2.42. The highest BCUT2D eigenvalue weighted by Gasteiger charge is 2.33. The molecule has 0 saturated heterocycles. The largest absolute Gasteiger partial charge is 0.420 e. The summed E-state index contributed by atoms with van der Waals surface area (Å²) in [6, 6.07) is 10.4. The molecule has 1 atom stereocenters. The highest BCUT2D eigenvalue weighted by atomic mass is 16.5. The van der Waals surface area contributed by atoms with Crippen LogP contribution in [0, 0.1) is 18.3 Å². The number of ether oxygens (including phenoxy) is 1. The first-order valence-corrected chi connectivity index (χ1v) is 6.87. The van der Waals surface area contributed by atoms with Gasteiger partial charge in [-0.2, -0.15) is 5.26 Å². The van der Waals surface area contributed by atoms with Crippen LogP contribution < -0.4 is 10.5 Å². The van der Waals surface area contributed by atoms with Crippen LogP contribution in [0.3, 0.4) is 0 Å². The van der Waals surface area contributed by atoms with E-state index in [0.717, 1.165) is 23.2 Å². The number of benzene rings is 1. The monoisotopic (exact) mass is 280 g/mol. The number of nitrogens with two attached hydrogens (primary N) is 1. The predicted octanol–water partition coefficient (Wildman–Crippen LogP) is 2.50. The number of aromatic amines is 1. The molecule has 1 aromatic heterocycles. The number of nitrogens with one attached hydrogen (secondary N) is 1. The molecule has 1 aliphatic heterocycles. The molecule has 106 valence electrons. The molecule has 3 N–H and O–H groups in total. The Morgan fingerprint density at radius 1 is 1.38 bits per heavy atom. The van der Waals surface area contributed by atoms with Crippen LogP contribution in [0.5, 0.6) is 5.88 Å². The molecular formula is C16H16N4O. The maximum Gasteiger partial charge on any atom is 0.244 e. The number of allylic oxidation sites excluding steroid dienone is 1. The maximum absolute atomic E-state index is 9.45. The number of nitrogens with zero attached hydrogens (tertiary/aromatic N) is 2. The Kier molecular flexibility index (Phi) is 3.15. The van der Waals surface area contributed by atoms with Crippen molar-refractivity contribution in [1.82, 2.24) is 10.2 Å². The minimum absolute atomic E-state index is 0.126. The number of hydrogen-bond donors (Lipinski definition) is 2. The van der Waals surface area contributed by atoms with Crippen molar-refractivity contribution in [3.05, 3.63) is 58.1 Å². The Labute approximate surface area is 123 Å². The summed E-state index contributed by atoms with van der Waals surface area (Å²) in [4.78, 5) is 0. The topological polar surface area (TPSA) is 87.7 Å². The molecule has 0 radical (unpaired) electrons. The fraction of sp³-hybridized carbons (Fsp3) is 0.250. The third-order valence-corrected chi connectivity index (χ3v) is 3.85. The zero-order chi connectivity index (χ0) is 15.0. The molecular weight excluding hydrogens is 264 g/mol. The highest BCUT2D eigenvalue weighted by molar-refractivity contribution is 5.55. The summed E-state index contributed by atoms with van der Waals surface area (Å²) in [6.45, 7) is 4.03. The second kappa shape index (κ2) is 4.98. The van der Waals surface area contributed by atoms with Crippen molar-refractivity contribution in [2.24, 2.45) is 5.73 Å². The van der Waals surface area contributed by atoms with Crippen LogP contribution in [-0.2, 0) is 6.42 Å². The van der Waals surface area contributed by atoms with Gasteiger partial charge < -0.3 is 10.5 Å². The Hall–Kier alpha value is -2.74. The second-order valence-corrected chi connectivity index (χ2v) is 5.09. The molecule has 0 spiro atoms. The average molecular weight is 280 g/mol. The molecule has 0 fully saturated rings. The molecule has 1 aromatic carbocycles. The number of aryl methyl sites for hydroxylation is 2. The van der Waals surface area contributed by atoms with Gasteiger partial charge in [0.25, 0.3) is 0 Å². The molecule has 21 heavy (non-hydrogen) atoms. The Morgan fingerprint density at radius 3 is 2.71 bits per heavy atom. The third-order valence-electron chi connectivity index (χ3n) is 3.85. The number of aromatic nitrogens is 2. The minimum Gasteiger partial charge on any atom is -0.420 e. The van der Waals surface area contributed by atoms with Gasteiger partial charge in [-0.05, 0) is 24.5 Å². The van der Waals surface area contributed by atoms with Gasteiger partial charge in [-0.1, -0.05) is 31.2 Å². The summed E-state index contributed by atoms with van der Waals surface area (Å²) in [7, 11) is 0. The molecule has 5 nitrogen and oxygen atoms in total. The molecule has 0 bridgehead atoms. The molecule has 1 unspecified atom stereocenters. The average Bonchev–Trinajstić information content (AvgIpc) is 2.87. The number of H-pyrrole nitrogens is 1. The van der Waals surface area contributed by atoms with Gasteiger partial charge in [0.2, 0.25) is 11.8 Å². The van der Waals surface area contributed by atoms with E-state index in [2.05, 4.69) is 35.3 Å². The van der Waals surface area contributed by atoms with Crippen molar-refractivity contribution in [1.29, 1.82) is 5.26 Å². The lowest BCUT2D eigenvalue weighted by atomic mass is 9.84. The zero-order valence-corrected chi connectivity index (χ0v) is 12.0. The number of fused-ring (bicyclic) bond motifs is 1. The van der Waals surface area contributed by atoms with Crippen molar-refractivity contribution in [3.8, 4) is 11.9 Å². The van der Waals surface area contributed by atoms with Crippen LogP contribution in [0.25, 0.3) is 0 Å². The van der Waals surface area contributed by atoms with Crippen molar-refractivity contribution in [2.45, 2.75) is 26.2 Å². The lowest BCUT2D eigenvalue weighted by molar-refractivity contribution is 0.379. The van der Waals surface area contributed by atoms with Gasteiger partial charge in [0.15, 0.2) is 0 Å². The van der Waals surface area contributed by atoms with Crippen LogP contribution in [0.2, 0.25) is 0 Å². The maximum atomic E-state index is 9.45. The van der Waals surface area contributed by atoms with Gasteiger partial charge in [-0.3, -0.25) is 5.10 Å². The van der Waals surface area contributed by atoms with Crippen molar-refractivity contribution in [2.75, 3.05) is 0 Å². The number of hydrogen-bond acceptors (Lipinski definition) is 4. The molecule has 5 heteroatoms. The van der Waals surface area contributed by atoms with Gasteiger partial charge in [0.05, 0.1) is 5.92 Å². The van der Waals surface area contributed by atoms with Crippen LogP contribution >= 0.6 is 0 Å². The van der Waals surface area contributed by atoms with E-state index >= 15 is 0 Å². The van der Waals surface area contributed by atoms with Crippen molar-refractivity contribution < 1.29 is 4.74 Å². The first kappa shape index (κ1) is 13.3. The van der Waals surface area contributed by atoms with Crippen LogP contribution in [-0.4, -0.2) is 10.2 Å². The van der Waals surface area contributed by atoms with Gasteiger partial charge in [0.1, 0.15) is 11.6 Å². The quantitative estimate of drug-likeness (QED) is 0.884. The third kappa shape index (κ3) is 2.05. The first-order chi connectivity index (χ1) is 10.2. The van der Waals surface area contributed by atoms with E-state index in [1.54, 1.807) is 0 Å². The molecule has 2 heterocycles. The van der Waals surface area contributed by atoms with E-state index in [1.807, 2.05) is 19.1 Å². The second-order valence-electron chi connectivity index (χ2n) is 5.09. The van der Waals surface area contributed by atoms with Gasteiger partial charge in [-0.15, -0.1) is 5.10 Å². The standard InChI is InChI=1S/C16H16N4O/c1-3-10-4-6-11(7-5-10)14-12(8-17)15(18)21-16-13(14)9(2)19-20-16/h4-7,14H,3,18H2,1-2H3,(H,19,20). The minimum atomic E-state index is -0.233. The number of nitriles is 1. The van der Waals surface area contributed by atoms with Gasteiger partial charge in [0, 0.05) is 11.3 Å². The van der Waals surface area contributed by atoms with Crippen molar-refractivity contribution in [3.63, 3.8) is 0 Å². The molecule has 0 amide bonds. The molecule has 3 rings (SSSR count). The summed E-state index contributed by atoms with van der Waals surface area (Å²) < 4.78 is 5.45. The van der Waals surface area contributed by atoms with Crippen LogP contribution in [0.15, 0.2) is 35.7 Å². The van der Waals surface area contributed by atoms with E-state index in [9.17, 15) is 5.26 Å². The fourth-order valence-electron chi connectivity index (χ4n) is 2.68. The Bertz CT molecular complexity index is 750. The summed E-state index contributed by atoms with van der Waals surface area (Å²) in [5.41, 5.74) is 10.3. The fourth-order valence-corrected chi connectivity index (χ4v) is 2.68. The summed E-state index contributed by atoms with van der Waals surface area (Å²) in [5, 5.41) is 16.5. The van der Waals surface area contributed by atoms with E-state index in [-0.39, 0.29) is 11.8 Å². The summed E-state index contributed by atoms with van der Waals surface area (Å²) in [5.74, 6) is 0.345. The zero-order valence-electron chi connectivity index (χ0n) is 12.0. The molecule has 2 aromatic rings. The Morgan fingerprint density at radius 2 is 2.10 bits per heavy atom. The normalized spacial score (nSPS) is 17.1. The molecule has 0 aliphatic carbocycles. The molecule has 0 saturated carbocycles.